The molecule has 2 atom stereocenters. The van der Waals surface area contributed by atoms with Crippen molar-refractivity contribution in [3.8, 4) is 0 Å². The lowest BCUT2D eigenvalue weighted by Crippen LogP contribution is -2.41. The summed E-state index contributed by atoms with van der Waals surface area (Å²) in [6.07, 6.45) is 1.24. The van der Waals surface area contributed by atoms with Crippen molar-refractivity contribution in [2.24, 2.45) is 0 Å². The number of carboxylic acid groups (broad SMARTS) is 2. The zero-order chi connectivity index (χ0) is 25.1. The summed E-state index contributed by atoms with van der Waals surface area (Å²) in [4.78, 5) is 49.1. The summed E-state index contributed by atoms with van der Waals surface area (Å²) in [6, 6.07) is 12.6. The summed E-state index contributed by atoms with van der Waals surface area (Å²) in [7, 11) is 2.60. The van der Waals surface area contributed by atoms with E-state index in [9.17, 15) is 24.3 Å². The van der Waals surface area contributed by atoms with Gasteiger partial charge in [-0.1, -0.05) is 59.2 Å². The van der Waals surface area contributed by atoms with Gasteiger partial charge in [-0.25, -0.2) is 4.79 Å². The predicted octanol–water partition coefficient (Wildman–Crippen LogP) is 4.45. The number of carboxylic acids is 2. The molecule has 0 saturated heterocycles. The van der Waals surface area contributed by atoms with E-state index in [1.807, 2.05) is 19.1 Å². The zero-order valence-electron chi connectivity index (χ0n) is 18.9. The first-order chi connectivity index (χ1) is 16.2. The van der Waals surface area contributed by atoms with Crippen molar-refractivity contribution in [3.63, 3.8) is 0 Å². The lowest BCUT2D eigenvalue weighted by Gasteiger charge is -2.16. The highest BCUT2D eigenvalue weighted by molar-refractivity contribution is 8.76. The van der Waals surface area contributed by atoms with E-state index in [0.29, 0.717) is 10.5 Å². The minimum atomic E-state index is -1.32. The first-order valence-electron chi connectivity index (χ1n) is 10.8. The minimum Gasteiger partial charge on any atom is -0.481 e. The highest BCUT2D eigenvalue weighted by Crippen LogP contribution is 2.40. The van der Waals surface area contributed by atoms with E-state index in [-0.39, 0.29) is 30.4 Å². The highest BCUT2D eigenvalue weighted by Gasteiger charge is 2.23. The monoisotopic (exact) mass is 504 g/mol. The van der Waals surface area contributed by atoms with Crippen molar-refractivity contribution >= 4 is 45.3 Å². The average molecular weight is 505 g/mol. The maximum atomic E-state index is 12.8. The van der Waals surface area contributed by atoms with E-state index in [0.717, 1.165) is 17.7 Å². The number of nitrogens with one attached hydrogen (secondary N) is 2. The highest BCUT2D eigenvalue weighted by atomic mass is 33.1. The minimum absolute atomic E-state index is 0.0518. The second-order valence-corrected chi connectivity index (χ2v) is 9.83. The summed E-state index contributed by atoms with van der Waals surface area (Å²) in [5.41, 5.74) is 0.796. The number of rotatable bonds is 13. The Morgan fingerprint density at radius 3 is 1.79 bits per heavy atom. The third-order valence-electron chi connectivity index (χ3n) is 4.83. The number of aliphatic carboxylic acids is 2. The molecule has 0 spiro atoms. The van der Waals surface area contributed by atoms with E-state index in [1.165, 1.54) is 21.6 Å². The van der Waals surface area contributed by atoms with Gasteiger partial charge >= 0.3 is 11.9 Å². The molecular weight excluding hydrogens is 476 g/mol. The maximum Gasteiger partial charge on any atom is 0.326 e. The van der Waals surface area contributed by atoms with Crippen molar-refractivity contribution in [2.75, 3.05) is 0 Å². The molecule has 4 N–H and O–H groups in total. The van der Waals surface area contributed by atoms with Crippen LogP contribution >= 0.6 is 21.6 Å². The molecule has 2 aromatic carbocycles. The molecule has 2 amide bonds. The third kappa shape index (κ3) is 8.42. The van der Waals surface area contributed by atoms with Gasteiger partial charge in [-0.3, -0.25) is 14.4 Å². The zero-order valence-corrected chi connectivity index (χ0v) is 20.6. The van der Waals surface area contributed by atoms with Gasteiger partial charge in [-0.15, -0.1) is 0 Å². The topological polar surface area (TPSA) is 133 Å². The summed E-state index contributed by atoms with van der Waals surface area (Å²) in [6.45, 7) is 4.02. The van der Waals surface area contributed by atoms with Crippen LogP contribution in [0.5, 0.6) is 0 Å². The fourth-order valence-electron chi connectivity index (χ4n) is 3.11. The molecule has 8 nitrogen and oxygen atoms in total. The van der Waals surface area contributed by atoms with Crippen molar-refractivity contribution in [3.05, 3.63) is 59.7 Å². The summed E-state index contributed by atoms with van der Waals surface area (Å²) in [5.74, 6) is -3.22. The van der Waals surface area contributed by atoms with E-state index in [1.54, 1.807) is 36.4 Å². The molecule has 182 valence electrons. The van der Waals surface area contributed by atoms with Gasteiger partial charge in [0.2, 0.25) is 0 Å². The first-order valence-corrected chi connectivity index (χ1v) is 13.0. The van der Waals surface area contributed by atoms with Gasteiger partial charge in [0.1, 0.15) is 6.04 Å². The Balaban J connectivity index is 2.14. The number of hydrogen-bond donors (Lipinski definition) is 4. The average Bonchev–Trinajstić information content (AvgIpc) is 2.80. The standard InChI is InChI=1S/C24H28N2O6S2/c1-3-8-15(2)25-22(29)16-9-4-6-11-19(16)33-34-20-12-7-5-10-17(20)23(30)26-18(24(31)32)13-14-21(27)28/h4-7,9-12,15,18H,3,8,13-14H2,1-2H3,(H,25,29)(H,26,30)(H,27,28)(H,31,32)/t15?,18-/m0/s1. The Hall–Kier alpha value is -2.98. The number of carbonyl (C=O) groups excluding carboxylic acids is 2. The second-order valence-electron chi connectivity index (χ2n) is 7.62. The normalized spacial score (nSPS) is 12.4. The van der Waals surface area contributed by atoms with Crippen LogP contribution in [0.25, 0.3) is 0 Å². The van der Waals surface area contributed by atoms with Gasteiger partial charge in [-0.2, -0.15) is 0 Å². The molecule has 0 aromatic heterocycles. The predicted molar refractivity (Wildman–Crippen MR) is 132 cm³/mol. The molecular formula is C24H28N2O6S2. The number of benzene rings is 2. The van der Waals surface area contributed by atoms with E-state index < -0.39 is 23.9 Å². The third-order valence-corrected chi connectivity index (χ3v) is 7.32. The van der Waals surface area contributed by atoms with Crippen molar-refractivity contribution in [1.29, 1.82) is 0 Å². The summed E-state index contributed by atoms with van der Waals surface area (Å²) >= 11 is 0. The van der Waals surface area contributed by atoms with Crippen LogP contribution in [0.15, 0.2) is 58.3 Å². The molecule has 0 saturated carbocycles. The van der Waals surface area contributed by atoms with Crippen LogP contribution in [0.1, 0.15) is 60.2 Å². The Kier molecular flexibility index (Phi) is 11.0. The van der Waals surface area contributed by atoms with Crippen LogP contribution in [0.4, 0.5) is 0 Å². The number of amides is 2. The van der Waals surface area contributed by atoms with Crippen LogP contribution in [0, 0.1) is 0 Å². The first kappa shape index (κ1) is 27.3. The molecule has 34 heavy (non-hydrogen) atoms. The van der Waals surface area contributed by atoms with Gasteiger partial charge < -0.3 is 20.8 Å². The largest absolute Gasteiger partial charge is 0.481 e. The van der Waals surface area contributed by atoms with Crippen LogP contribution in [0.3, 0.4) is 0 Å². The fraction of sp³-hybridized carbons (Fsp3) is 0.333. The Morgan fingerprint density at radius 2 is 1.32 bits per heavy atom. The molecule has 0 aliphatic carbocycles. The van der Waals surface area contributed by atoms with E-state index in [2.05, 4.69) is 17.6 Å². The maximum absolute atomic E-state index is 12.8. The molecule has 1 unspecified atom stereocenters. The molecule has 0 bridgehead atoms. The van der Waals surface area contributed by atoms with Crippen molar-refractivity contribution in [2.45, 2.75) is 61.4 Å². The Morgan fingerprint density at radius 1 is 0.824 bits per heavy atom. The van der Waals surface area contributed by atoms with Crippen LogP contribution < -0.4 is 10.6 Å². The summed E-state index contributed by atoms with van der Waals surface area (Å²) in [5, 5.41) is 23.5. The van der Waals surface area contributed by atoms with Crippen LogP contribution in [-0.4, -0.2) is 46.0 Å². The molecule has 10 heteroatoms. The van der Waals surface area contributed by atoms with Gasteiger partial charge in [0.25, 0.3) is 11.8 Å². The molecule has 0 fully saturated rings. The fourth-order valence-corrected chi connectivity index (χ4v) is 5.47. The lowest BCUT2D eigenvalue weighted by molar-refractivity contribution is -0.140. The lowest BCUT2D eigenvalue weighted by atomic mass is 10.1. The SMILES string of the molecule is CCCC(C)NC(=O)c1ccccc1SSc1ccccc1C(=O)N[C@@H](CCC(=O)O)C(=O)O. The van der Waals surface area contributed by atoms with Gasteiger partial charge in [0.05, 0.1) is 11.1 Å². The Bertz CT molecular complexity index is 1030. The molecule has 2 aromatic rings. The van der Waals surface area contributed by atoms with E-state index in [4.69, 9.17) is 5.11 Å². The van der Waals surface area contributed by atoms with Crippen LogP contribution in [-0.2, 0) is 9.59 Å². The quantitative estimate of drug-likeness (QED) is 0.294. The van der Waals surface area contributed by atoms with E-state index >= 15 is 0 Å². The molecule has 0 aliphatic rings. The Labute approximate surface area is 206 Å². The van der Waals surface area contributed by atoms with Crippen LogP contribution in [0.2, 0.25) is 0 Å². The molecule has 0 aliphatic heterocycles. The number of hydrogen-bond acceptors (Lipinski definition) is 6. The van der Waals surface area contributed by atoms with Gasteiger partial charge in [0.15, 0.2) is 0 Å². The van der Waals surface area contributed by atoms with Gasteiger partial charge in [-0.05, 0) is 44.0 Å². The smallest absolute Gasteiger partial charge is 0.326 e. The van der Waals surface area contributed by atoms with Crippen molar-refractivity contribution in [1.82, 2.24) is 10.6 Å². The summed E-state index contributed by atoms with van der Waals surface area (Å²) < 4.78 is 0. The molecule has 0 heterocycles. The molecule has 0 radical (unpaired) electrons. The number of carbonyl (C=O) groups is 4. The molecule has 2 rings (SSSR count). The second kappa shape index (κ2) is 13.7. The van der Waals surface area contributed by atoms with Gasteiger partial charge in [0, 0.05) is 22.3 Å². The van der Waals surface area contributed by atoms with Crippen molar-refractivity contribution < 1.29 is 29.4 Å².